The van der Waals surface area contributed by atoms with Crippen LogP contribution in [0.5, 0.6) is 0 Å². The van der Waals surface area contributed by atoms with Gasteiger partial charge < -0.3 is 10.1 Å². The van der Waals surface area contributed by atoms with Gasteiger partial charge in [0, 0.05) is 23.7 Å². The number of nitrogens with zero attached hydrogens (tertiary/aromatic N) is 3. The Bertz CT molecular complexity index is 1090. The summed E-state index contributed by atoms with van der Waals surface area (Å²) >= 11 is 7.42. The standard InChI is InChI=1S/C17H13ClN4O5S/c1-10(16(24)19-11-4-2-3-5-12(11)22(25)26)27-14(23)7-6-13-15(18)20-17-21(13)8-9-28-17/h2-10H,1H3,(H,19,24). The lowest BCUT2D eigenvalue weighted by Crippen LogP contribution is -2.29. The summed E-state index contributed by atoms with van der Waals surface area (Å²) in [6.07, 6.45) is 3.15. The number of halogens is 1. The van der Waals surface area contributed by atoms with Crippen molar-refractivity contribution in [2.24, 2.45) is 0 Å². The number of hydrogen-bond donors (Lipinski definition) is 1. The maximum Gasteiger partial charge on any atom is 0.331 e. The lowest BCUT2D eigenvalue weighted by molar-refractivity contribution is -0.383. The average Bonchev–Trinajstić information content (AvgIpc) is 3.20. The van der Waals surface area contributed by atoms with E-state index in [9.17, 15) is 19.7 Å². The Labute approximate surface area is 167 Å². The maximum atomic E-state index is 12.2. The Kier molecular flexibility index (Phi) is 5.71. The monoisotopic (exact) mass is 420 g/mol. The van der Waals surface area contributed by atoms with Crippen molar-refractivity contribution in [1.29, 1.82) is 0 Å². The average molecular weight is 421 g/mol. The number of para-hydroxylation sites is 2. The molecule has 0 spiro atoms. The molecule has 11 heteroatoms. The second kappa shape index (κ2) is 8.19. The second-order valence-electron chi connectivity index (χ2n) is 5.52. The number of hydrogen-bond acceptors (Lipinski definition) is 7. The van der Waals surface area contributed by atoms with E-state index in [0.717, 1.165) is 6.08 Å². The summed E-state index contributed by atoms with van der Waals surface area (Å²) in [5, 5.41) is 15.4. The van der Waals surface area contributed by atoms with Crippen LogP contribution in [0.15, 0.2) is 41.9 Å². The molecule has 28 heavy (non-hydrogen) atoms. The van der Waals surface area contributed by atoms with Gasteiger partial charge in [0.15, 0.2) is 16.2 Å². The van der Waals surface area contributed by atoms with Crippen LogP contribution in [0, 0.1) is 10.1 Å². The third-order valence-electron chi connectivity index (χ3n) is 3.65. The van der Waals surface area contributed by atoms with Crippen LogP contribution in [0.3, 0.4) is 0 Å². The van der Waals surface area contributed by atoms with Gasteiger partial charge in [-0.15, -0.1) is 11.3 Å². The summed E-state index contributed by atoms with van der Waals surface area (Å²) in [5.41, 5.74) is 0.262. The fourth-order valence-electron chi connectivity index (χ4n) is 2.31. The Hall–Kier alpha value is -3.24. The number of amides is 1. The molecule has 1 aromatic carbocycles. The van der Waals surface area contributed by atoms with Crippen LogP contribution in [-0.4, -0.2) is 32.3 Å². The second-order valence-corrected chi connectivity index (χ2v) is 6.75. The summed E-state index contributed by atoms with van der Waals surface area (Å²) in [4.78, 5) is 39.4. The molecule has 3 rings (SSSR count). The van der Waals surface area contributed by atoms with Crippen LogP contribution in [0.2, 0.25) is 5.15 Å². The summed E-state index contributed by atoms with van der Waals surface area (Å²) in [5.74, 6) is -1.47. The van der Waals surface area contributed by atoms with E-state index in [1.807, 2.05) is 5.38 Å². The number of nitro benzene ring substituents is 1. The van der Waals surface area contributed by atoms with E-state index in [1.165, 1.54) is 42.5 Å². The van der Waals surface area contributed by atoms with Gasteiger partial charge in [0.25, 0.3) is 11.6 Å². The number of nitrogens with one attached hydrogen (secondary N) is 1. The Morgan fingerprint density at radius 3 is 2.93 bits per heavy atom. The molecule has 1 N–H and O–H groups in total. The lowest BCUT2D eigenvalue weighted by Gasteiger charge is -2.12. The van der Waals surface area contributed by atoms with Crippen molar-refractivity contribution < 1.29 is 19.2 Å². The number of carbonyl (C=O) groups is 2. The van der Waals surface area contributed by atoms with E-state index in [4.69, 9.17) is 16.3 Å². The molecule has 0 aliphatic heterocycles. The highest BCUT2D eigenvalue weighted by Crippen LogP contribution is 2.24. The van der Waals surface area contributed by atoms with Crippen molar-refractivity contribution in [3.05, 3.63) is 62.9 Å². The van der Waals surface area contributed by atoms with Crippen molar-refractivity contribution in [1.82, 2.24) is 9.38 Å². The number of fused-ring (bicyclic) bond motifs is 1. The van der Waals surface area contributed by atoms with Crippen molar-refractivity contribution in [3.63, 3.8) is 0 Å². The maximum absolute atomic E-state index is 12.2. The van der Waals surface area contributed by atoms with Crippen LogP contribution in [0.4, 0.5) is 11.4 Å². The minimum Gasteiger partial charge on any atom is -0.449 e. The number of rotatable bonds is 6. The first-order valence-electron chi connectivity index (χ1n) is 7.91. The van der Waals surface area contributed by atoms with Crippen molar-refractivity contribution >= 4 is 57.2 Å². The van der Waals surface area contributed by atoms with E-state index in [1.54, 1.807) is 16.7 Å². The van der Waals surface area contributed by atoms with Gasteiger partial charge in [-0.25, -0.2) is 9.78 Å². The van der Waals surface area contributed by atoms with Crippen molar-refractivity contribution in [2.75, 3.05) is 5.32 Å². The predicted octanol–water partition coefficient (Wildman–Crippen LogP) is 3.54. The molecule has 0 fully saturated rings. The van der Waals surface area contributed by atoms with Crippen LogP contribution >= 0.6 is 22.9 Å². The number of anilines is 1. The van der Waals surface area contributed by atoms with E-state index in [-0.39, 0.29) is 16.5 Å². The first-order valence-corrected chi connectivity index (χ1v) is 9.16. The van der Waals surface area contributed by atoms with E-state index in [0.29, 0.717) is 10.7 Å². The molecule has 1 unspecified atom stereocenters. The van der Waals surface area contributed by atoms with Gasteiger partial charge in [-0.1, -0.05) is 23.7 Å². The Balaban J connectivity index is 1.64. The lowest BCUT2D eigenvalue weighted by atomic mass is 10.2. The van der Waals surface area contributed by atoms with Gasteiger partial charge >= 0.3 is 5.97 Å². The third-order valence-corrected chi connectivity index (χ3v) is 4.69. The molecule has 1 atom stereocenters. The number of ether oxygens (including phenoxy) is 1. The number of esters is 1. The Morgan fingerprint density at radius 2 is 2.18 bits per heavy atom. The molecular formula is C17H13ClN4O5S. The normalized spacial score (nSPS) is 12.2. The largest absolute Gasteiger partial charge is 0.449 e. The predicted molar refractivity (Wildman–Crippen MR) is 104 cm³/mol. The van der Waals surface area contributed by atoms with Crippen LogP contribution < -0.4 is 5.32 Å². The van der Waals surface area contributed by atoms with Crippen LogP contribution in [0.25, 0.3) is 11.0 Å². The zero-order valence-electron chi connectivity index (χ0n) is 14.4. The highest BCUT2D eigenvalue weighted by molar-refractivity contribution is 7.15. The topological polar surface area (TPSA) is 116 Å². The van der Waals surface area contributed by atoms with Gasteiger partial charge in [-0.05, 0) is 19.1 Å². The number of benzene rings is 1. The molecule has 9 nitrogen and oxygen atoms in total. The zero-order chi connectivity index (χ0) is 20.3. The fraction of sp³-hybridized carbons (Fsp3) is 0.118. The summed E-state index contributed by atoms with van der Waals surface area (Å²) in [6.45, 7) is 1.36. The first-order chi connectivity index (χ1) is 13.4. The SMILES string of the molecule is CC(OC(=O)C=Cc1c(Cl)nc2sccn12)C(=O)Nc1ccccc1[N+](=O)[O-]. The van der Waals surface area contributed by atoms with Gasteiger partial charge in [-0.2, -0.15) is 0 Å². The van der Waals surface area contributed by atoms with Gasteiger partial charge in [-0.3, -0.25) is 19.3 Å². The number of carbonyl (C=O) groups excluding carboxylic acids is 2. The van der Waals surface area contributed by atoms with Gasteiger partial charge in [0.2, 0.25) is 0 Å². The van der Waals surface area contributed by atoms with E-state index >= 15 is 0 Å². The summed E-state index contributed by atoms with van der Waals surface area (Å²) < 4.78 is 6.75. The molecule has 0 bridgehead atoms. The molecule has 3 aromatic rings. The van der Waals surface area contributed by atoms with Gasteiger partial charge in [0.05, 0.1) is 10.6 Å². The minimum absolute atomic E-state index is 0.0156. The summed E-state index contributed by atoms with van der Waals surface area (Å²) in [7, 11) is 0. The quantitative estimate of drug-likeness (QED) is 0.282. The highest BCUT2D eigenvalue weighted by atomic mass is 35.5. The number of imidazole rings is 1. The van der Waals surface area contributed by atoms with E-state index < -0.39 is 22.9 Å². The Morgan fingerprint density at radius 1 is 1.43 bits per heavy atom. The molecule has 0 saturated carbocycles. The van der Waals surface area contributed by atoms with Crippen LogP contribution in [0.1, 0.15) is 12.6 Å². The molecule has 0 radical (unpaired) electrons. The molecule has 144 valence electrons. The molecular weight excluding hydrogens is 408 g/mol. The zero-order valence-corrected chi connectivity index (χ0v) is 15.9. The molecule has 1 amide bonds. The number of nitro groups is 1. The molecule has 2 heterocycles. The highest BCUT2D eigenvalue weighted by Gasteiger charge is 2.21. The third kappa shape index (κ3) is 4.18. The molecule has 0 aliphatic carbocycles. The molecule has 0 saturated heterocycles. The van der Waals surface area contributed by atoms with Gasteiger partial charge in [0.1, 0.15) is 5.69 Å². The van der Waals surface area contributed by atoms with Crippen molar-refractivity contribution in [2.45, 2.75) is 13.0 Å². The summed E-state index contributed by atoms with van der Waals surface area (Å²) in [6, 6.07) is 5.67. The molecule has 0 aliphatic rings. The number of thiazole rings is 1. The first kappa shape index (κ1) is 19.5. The van der Waals surface area contributed by atoms with Crippen molar-refractivity contribution in [3.8, 4) is 0 Å². The number of aromatic nitrogens is 2. The van der Waals surface area contributed by atoms with Crippen LogP contribution in [-0.2, 0) is 14.3 Å². The van der Waals surface area contributed by atoms with E-state index in [2.05, 4.69) is 10.3 Å². The molecule has 2 aromatic heterocycles. The minimum atomic E-state index is -1.17. The fourth-order valence-corrected chi connectivity index (χ4v) is 3.32. The smallest absolute Gasteiger partial charge is 0.331 e.